The van der Waals surface area contributed by atoms with Crippen molar-refractivity contribution in [2.45, 2.75) is 25.7 Å². The number of hydrogen-bond acceptors (Lipinski definition) is 2. The first kappa shape index (κ1) is 8.91. The number of hydrogen-bond donors (Lipinski definition) is 0. The molecule has 0 rings (SSSR count). The summed E-state index contributed by atoms with van der Waals surface area (Å²) in [5.41, 5.74) is -1.46. The van der Waals surface area contributed by atoms with Crippen LogP contribution >= 0.6 is 0 Å². The molecule has 0 aliphatic rings. The molecule has 0 spiro atoms. The molecule has 0 aliphatic carbocycles. The second kappa shape index (κ2) is 3.17. The average Bonchev–Trinajstić information content (AvgIpc) is 1.65. The van der Waals surface area contributed by atoms with Gasteiger partial charge in [0.1, 0.15) is 0 Å². The standard InChI is InChI=1S/C5H11O3S/c1-3-4-9(7,8)5(2)6/h5H,3-4H2,1-2H3. The van der Waals surface area contributed by atoms with Gasteiger partial charge in [0, 0.05) is 0 Å². The third kappa shape index (κ3) is 2.81. The minimum Gasteiger partial charge on any atom is -0.226 e. The van der Waals surface area contributed by atoms with Gasteiger partial charge < -0.3 is 0 Å². The normalized spacial score (nSPS) is 15.4. The lowest BCUT2D eigenvalue weighted by Gasteiger charge is -2.00. The maximum Gasteiger partial charge on any atom is 0.191 e. The molecule has 0 amide bonds. The zero-order valence-corrected chi connectivity index (χ0v) is 6.44. The van der Waals surface area contributed by atoms with Crippen LogP contribution in [0.5, 0.6) is 0 Å². The first-order valence-corrected chi connectivity index (χ1v) is 4.59. The minimum absolute atomic E-state index is 0.0116. The highest BCUT2D eigenvalue weighted by Crippen LogP contribution is 1.99. The summed E-state index contributed by atoms with van der Waals surface area (Å²) >= 11 is 0. The van der Waals surface area contributed by atoms with E-state index in [0.717, 1.165) is 6.92 Å². The van der Waals surface area contributed by atoms with Gasteiger partial charge in [-0.05, 0) is 13.3 Å². The summed E-state index contributed by atoms with van der Waals surface area (Å²) in [4.78, 5) is 0. The van der Waals surface area contributed by atoms with E-state index in [0.29, 0.717) is 6.42 Å². The van der Waals surface area contributed by atoms with Gasteiger partial charge in [-0.2, -0.15) is 0 Å². The minimum atomic E-state index is -3.30. The topological polar surface area (TPSA) is 54.0 Å². The van der Waals surface area contributed by atoms with Gasteiger partial charge in [0.25, 0.3) is 0 Å². The lowest BCUT2D eigenvalue weighted by Crippen LogP contribution is -2.18. The lowest BCUT2D eigenvalue weighted by molar-refractivity contribution is 0.170. The fourth-order valence-electron chi connectivity index (χ4n) is 0.450. The zero-order chi connectivity index (χ0) is 7.49. The van der Waals surface area contributed by atoms with Crippen LogP contribution in [0.2, 0.25) is 0 Å². The molecule has 1 unspecified atom stereocenters. The van der Waals surface area contributed by atoms with Crippen molar-refractivity contribution in [2.75, 3.05) is 5.75 Å². The number of sulfone groups is 1. The van der Waals surface area contributed by atoms with Gasteiger partial charge in [-0.1, -0.05) is 6.92 Å². The zero-order valence-electron chi connectivity index (χ0n) is 5.62. The summed E-state index contributed by atoms with van der Waals surface area (Å²) in [6.07, 6.45) is 0.523. The molecule has 0 saturated heterocycles. The highest BCUT2D eigenvalue weighted by Gasteiger charge is 2.17. The molecule has 0 bridgehead atoms. The van der Waals surface area contributed by atoms with E-state index in [-0.39, 0.29) is 5.75 Å². The molecule has 0 aliphatic heterocycles. The molecule has 0 N–H and O–H groups in total. The Balaban J connectivity index is 4.05. The van der Waals surface area contributed by atoms with Crippen molar-refractivity contribution in [3.05, 3.63) is 0 Å². The molecule has 1 radical (unpaired) electrons. The van der Waals surface area contributed by atoms with Gasteiger partial charge >= 0.3 is 0 Å². The van der Waals surface area contributed by atoms with Crippen molar-refractivity contribution < 1.29 is 13.5 Å². The first-order chi connectivity index (χ1) is 4.00. The molecular weight excluding hydrogens is 140 g/mol. The van der Waals surface area contributed by atoms with E-state index < -0.39 is 15.3 Å². The van der Waals surface area contributed by atoms with Crippen molar-refractivity contribution in [3.63, 3.8) is 0 Å². The second-order valence-corrected chi connectivity index (χ2v) is 4.33. The summed E-state index contributed by atoms with van der Waals surface area (Å²) in [5, 5.41) is 10.4. The summed E-state index contributed by atoms with van der Waals surface area (Å²) in [5.74, 6) is 0.0116. The monoisotopic (exact) mass is 151 g/mol. The summed E-state index contributed by atoms with van der Waals surface area (Å²) in [7, 11) is -3.30. The van der Waals surface area contributed by atoms with Crippen LogP contribution in [0.15, 0.2) is 0 Å². The average molecular weight is 151 g/mol. The maximum absolute atomic E-state index is 10.6. The van der Waals surface area contributed by atoms with Crippen molar-refractivity contribution in [3.8, 4) is 0 Å². The van der Waals surface area contributed by atoms with Crippen LogP contribution < -0.4 is 0 Å². The van der Waals surface area contributed by atoms with Crippen LogP contribution in [0, 0.1) is 0 Å². The van der Waals surface area contributed by atoms with Crippen molar-refractivity contribution in [1.29, 1.82) is 0 Å². The molecule has 9 heavy (non-hydrogen) atoms. The predicted octanol–water partition coefficient (Wildman–Crippen LogP) is 0.588. The van der Waals surface area contributed by atoms with Crippen LogP contribution in [0.25, 0.3) is 0 Å². The van der Waals surface area contributed by atoms with E-state index in [9.17, 15) is 13.5 Å². The lowest BCUT2D eigenvalue weighted by atomic mass is 10.6. The largest absolute Gasteiger partial charge is 0.226 e. The molecule has 1 atom stereocenters. The summed E-state index contributed by atoms with van der Waals surface area (Å²) in [6.45, 7) is 2.89. The van der Waals surface area contributed by atoms with E-state index in [2.05, 4.69) is 0 Å². The third-order valence-electron chi connectivity index (χ3n) is 0.994. The molecule has 3 nitrogen and oxygen atoms in total. The molecule has 0 heterocycles. The van der Waals surface area contributed by atoms with E-state index in [1.807, 2.05) is 0 Å². The van der Waals surface area contributed by atoms with Crippen LogP contribution in [-0.4, -0.2) is 19.6 Å². The van der Waals surface area contributed by atoms with Crippen LogP contribution in [0.4, 0.5) is 0 Å². The summed E-state index contributed by atoms with van der Waals surface area (Å²) < 4.78 is 21.2. The van der Waals surface area contributed by atoms with Gasteiger partial charge in [0.15, 0.2) is 15.3 Å². The molecule has 0 fully saturated rings. The molecule has 55 valence electrons. The van der Waals surface area contributed by atoms with E-state index in [1.165, 1.54) is 0 Å². The highest BCUT2D eigenvalue weighted by molar-refractivity contribution is 7.91. The molecule has 0 aromatic carbocycles. The van der Waals surface area contributed by atoms with E-state index in [1.54, 1.807) is 6.92 Å². The Morgan fingerprint density at radius 2 is 1.89 bits per heavy atom. The van der Waals surface area contributed by atoms with Gasteiger partial charge in [0.05, 0.1) is 5.75 Å². The van der Waals surface area contributed by atoms with Gasteiger partial charge in [-0.25, -0.2) is 13.5 Å². The Hall–Kier alpha value is -0.0900. The SMILES string of the molecule is CCCS(=O)(=O)C(C)[O]. The Bertz CT molecular complexity index is 157. The van der Waals surface area contributed by atoms with E-state index in [4.69, 9.17) is 0 Å². The van der Waals surface area contributed by atoms with Gasteiger partial charge in [-0.15, -0.1) is 0 Å². The first-order valence-electron chi connectivity index (χ1n) is 2.88. The van der Waals surface area contributed by atoms with Crippen molar-refractivity contribution in [2.24, 2.45) is 0 Å². The maximum atomic E-state index is 10.6. The second-order valence-electron chi connectivity index (χ2n) is 1.93. The van der Waals surface area contributed by atoms with Gasteiger partial charge in [0.2, 0.25) is 0 Å². The molecule has 0 saturated carbocycles. The summed E-state index contributed by atoms with van der Waals surface area (Å²) in [6, 6.07) is 0. The van der Waals surface area contributed by atoms with Crippen molar-refractivity contribution in [1.82, 2.24) is 0 Å². The molecule has 0 aromatic heterocycles. The molecule has 0 aromatic rings. The smallest absolute Gasteiger partial charge is 0.191 e. The Labute approximate surface area is 55.6 Å². The Kier molecular flexibility index (Phi) is 3.14. The molecule has 4 heteroatoms. The van der Waals surface area contributed by atoms with Crippen LogP contribution in [0.3, 0.4) is 0 Å². The predicted molar refractivity (Wildman–Crippen MR) is 34.2 cm³/mol. The quantitative estimate of drug-likeness (QED) is 0.592. The molecular formula is C5H11O3S. The Morgan fingerprint density at radius 3 is 2.00 bits per heavy atom. The van der Waals surface area contributed by atoms with Gasteiger partial charge in [-0.3, -0.25) is 0 Å². The Morgan fingerprint density at radius 1 is 1.44 bits per heavy atom. The number of rotatable bonds is 3. The van der Waals surface area contributed by atoms with Crippen molar-refractivity contribution >= 4 is 9.84 Å². The van der Waals surface area contributed by atoms with E-state index >= 15 is 0 Å². The highest BCUT2D eigenvalue weighted by atomic mass is 32.2. The fourth-order valence-corrected chi connectivity index (χ4v) is 1.35. The van der Waals surface area contributed by atoms with Crippen LogP contribution in [0.1, 0.15) is 20.3 Å². The third-order valence-corrected chi connectivity index (χ3v) is 2.98. The fraction of sp³-hybridized carbons (Fsp3) is 1.00. The van der Waals surface area contributed by atoms with Crippen LogP contribution in [-0.2, 0) is 14.9 Å².